The average Bonchev–Trinajstić information content (AvgIpc) is 2.63. The molecule has 0 aliphatic carbocycles. The zero-order chi connectivity index (χ0) is 12.4. The molecule has 0 radical (unpaired) electrons. The Morgan fingerprint density at radius 3 is 2.59 bits per heavy atom. The first kappa shape index (κ1) is 11.7. The summed E-state index contributed by atoms with van der Waals surface area (Å²) in [5, 5.41) is 13.0. The first-order valence-electron chi connectivity index (χ1n) is 5.08. The third-order valence-corrected chi connectivity index (χ3v) is 3.38. The Bertz CT molecular complexity index is 546. The van der Waals surface area contributed by atoms with Crippen molar-refractivity contribution in [3.8, 4) is 0 Å². The highest BCUT2D eigenvalue weighted by Crippen LogP contribution is 2.30. The quantitative estimate of drug-likeness (QED) is 0.907. The second kappa shape index (κ2) is 4.63. The van der Waals surface area contributed by atoms with Gasteiger partial charge in [-0.25, -0.2) is 4.79 Å². The molecule has 2 aromatic rings. The van der Waals surface area contributed by atoms with Crippen molar-refractivity contribution in [3.05, 3.63) is 41.7 Å². The maximum absolute atomic E-state index is 11.1. The van der Waals surface area contributed by atoms with E-state index in [1.54, 1.807) is 13.2 Å². The minimum absolute atomic E-state index is 0.218. The third kappa shape index (κ3) is 2.50. The van der Waals surface area contributed by atoms with Crippen molar-refractivity contribution in [2.24, 2.45) is 7.05 Å². The Balaban J connectivity index is 2.30. The fourth-order valence-corrected chi connectivity index (χ4v) is 2.41. The molecule has 17 heavy (non-hydrogen) atoms. The summed E-state index contributed by atoms with van der Waals surface area (Å²) in [6.45, 7) is 2.02. The van der Waals surface area contributed by atoms with Crippen molar-refractivity contribution in [2.45, 2.75) is 16.7 Å². The summed E-state index contributed by atoms with van der Waals surface area (Å²) in [7, 11) is 1.63. The normalized spacial score (nSPS) is 10.5. The van der Waals surface area contributed by atoms with Gasteiger partial charge >= 0.3 is 5.97 Å². The molecule has 4 nitrogen and oxygen atoms in total. The van der Waals surface area contributed by atoms with Gasteiger partial charge in [0.2, 0.25) is 0 Å². The van der Waals surface area contributed by atoms with E-state index in [0.29, 0.717) is 4.90 Å². The molecule has 0 amide bonds. The zero-order valence-corrected chi connectivity index (χ0v) is 10.4. The van der Waals surface area contributed by atoms with E-state index >= 15 is 0 Å². The lowest BCUT2D eigenvalue weighted by Crippen LogP contribution is -2.06. The van der Waals surface area contributed by atoms with Crippen LogP contribution in [0.1, 0.15) is 16.1 Å². The molecule has 0 spiro atoms. The summed E-state index contributed by atoms with van der Waals surface area (Å²) in [6.07, 6.45) is 1.58. The van der Waals surface area contributed by atoms with Gasteiger partial charge in [-0.05, 0) is 19.1 Å². The molecule has 0 saturated heterocycles. The summed E-state index contributed by atoms with van der Waals surface area (Å²) < 4.78 is 1.37. The summed E-state index contributed by atoms with van der Waals surface area (Å²) in [4.78, 5) is 12.7. The Kier molecular flexibility index (Phi) is 3.19. The molecule has 0 saturated carbocycles. The Morgan fingerprint density at radius 1 is 1.35 bits per heavy atom. The molecule has 88 valence electrons. The lowest BCUT2D eigenvalue weighted by molar-refractivity contribution is 0.0681. The highest BCUT2D eigenvalue weighted by molar-refractivity contribution is 7.99. The summed E-state index contributed by atoms with van der Waals surface area (Å²) in [6, 6.07) is 7.94. The van der Waals surface area contributed by atoms with E-state index < -0.39 is 5.97 Å². The lowest BCUT2D eigenvalue weighted by Gasteiger charge is -2.02. The minimum Gasteiger partial charge on any atom is -0.476 e. The second-order valence-electron chi connectivity index (χ2n) is 3.70. The molecule has 0 unspecified atom stereocenters. The molecule has 5 heteroatoms. The van der Waals surface area contributed by atoms with Gasteiger partial charge in [0.15, 0.2) is 5.69 Å². The van der Waals surface area contributed by atoms with Crippen molar-refractivity contribution in [3.63, 3.8) is 0 Å². The SMILES string of the molecule is Cc1ccc(Sc2cnn(C)c2C(=O)O)cc1. The molecule has 1 aromatic heterocycles. The number of aromatic carboxylic acids is 1. The Morgan fingerprint density at radius 2 is 2.00 bits per heavy atom. The van der Waals surface area contributed by atoms with Gasteiger partial charge in [-0.2, -0.15) is 5.10 Å². The van der Waals surface area contributed by atoms with Gasteiger partial charge in [-0.1, -0.05) is 29.5 Å². The number of carboxylic acid groups (broad SMARTS) is 1. The molecule has 1 aromatic carbocycles. The van der Waals surface area contributed by atoms with Crippen LogP contribution < -0.4 is 0 Å². The summed E-state index contributed by atoms with van der Waals surface area (Å²) in [5.74, 6) is -0.959. The molecule has 1 N–H and O–H groups in total. The van der Waals surface area contributed by atoms with Crippen molar-refractivity contribution in [2.75, 3.05) is 0 Å². The van der Waals surface area contributed by atoms with E-state index in [-0.39, 0.29) is 5.69 Å². The van der Waals surface area contributed by atoms with Gasteiger partial charge in [-0.15, -0.1) is 0 Å². The lowest BCUT2D eigenvalue weighted by atomic mass is 10.2. The van der Waals surface area contributed by atoms with Crippen molar-refractivity contribution >= 4 is 17.7 Å². The molecule has 0 fully saturated rings. The van der Waals surface area contributed by atoms with Crippen LogP contribution in [0.25, 0.3) is 0 Å². The van der Waals surface area contributed by atoms with Crippen molar-refractivity contribution in [1.29, 1.82) is 0 Å². The Hall–Kier alpha value is -1.75. The summed E-state index contributed by atoms with van der Waals surface area (Å²) in [5.41, 5.74) is 1.40. The van der Waals surface area contributed by atoms with E-state index in [1.165, 1.54) is 22.0 Å². The number of nitrogens with zero attached hydrogens (tertiary/aromatic N) is 2. The number of carbonyl (C=O) groups is 1. The van der Waals surface area contributed by atoms with Crippen molar-refractivity contribution in [1.82, 2.24) is 9.78 Å². The fourth-order valence-electron chi connectivity index (χ4n) is 1.47. The fraction of sp³-hybridized carbons (Fsp3) is 0.167. The van der Waals surface area contributed by atoms with Gasteiger partial charge in [0.05, 0.1) is 11.1 Å². The van der Waals surface area contributed by atoms with Gasteiger partial charge in [-0.3, -0.25) is 4.68 Å². The highest BCUT2D eigenvalue weighted by atomic mass is 32.2. The maximum Gasteiger partial charge on any atom is 0.355 e. The van der Waals surface area contributed by atoms with Crippen LogP contribution in [0.2, 0.25) is 0 Å². The van der Waals surface area contributed by atoms with Crippen LogP contribution in [0.4, 0.5) is 0 Å². The minimum atomic E-state index is -0.959. The van der Waals surface area contributed by atoms with E-state index in [4.69, 9.17) is 5.11 Å². The number of aryl methyl sites for hydroxylation is 2. The van der Waals surface area contributed by atoms with Crippen LogP contribution in [0.3, 0.4) is 0 Å². The maximum atomic E-state index is 11.1. The van der Waals surface area contributed by atoms with Crippen LogP contribution in [-0.4, -0.2) is 20.9 Å². The zero-order valence-electron chi connectivity index (χ0n) is 9.54. The van der Waals surface area contributed by atoms with Gasteiger partial charge < -0.3 is 5.11 Å². The summed E-state index contributed by atoms with van der Waals surface area (Å²) >= 11 is 1.41. The number of rotatable bonds is 3. The topological polar surface area (TPSA) is 55.1 Å². The number of benzene rings is 1. The van der Waals surface area contributed by atoms with Crippen LogP contribution >= 0.6 is 11.8 Å². The number of hydrogen-bond donors (Lipinski definition) is 1. The monoisotopic (exact) mass is 248 g/mol. The van der Waals surface area contributed by atoms with Gasteiger partial charge in [0.1, 0.15) is 0 Å². The molecule has 0 atom stereocenters. The first-order chi connectivity index (χ1) is 8.08. The second-order valence-corrected chi connectivity index (χ2v) is 4.82. The molecule has 0 aliphatic heterocycles. The standard InChI is InChI=1S/C12H12N2O2S/c1-8-3-5-9(6-4-8)17-10-7-13-14(2)11(10)12(15)16/h3-7H,1-2H3,(H,15,16). The van der Waals surface area contributed by atoms with E-state index in [2.05, 4.69) is 5.10 Å². The number of hydrogen-bond acceptors (Lipinski definition) is 3. The first-order valence-corrected chi connectivity index (χ1v) is 5.89. The molecule has 0 bridgehead atoms. The predicted octanol–water partition coefficient (Wildman–Crippen LogP) is 2.58. The number of aromatic nitrogens is 2. The van der Waals surface area contributed by atoms with Crippen LogP contribution in [0.15, 0.2) is 40.3 Å². The van der Waals surface area contributed by atoms with Crippen molar-refractivity contribution < 1.29 is 9.90 Å². The van der Waals surface area contributed by atoms with Gasteiger partial charge in [0, 0.05) is 11.9 Å². The van der Waals surface area contributed by atoms with Crippen LogP contribution in [-0.2, 0) is 7.05 Å². The average molecular weight is 248 g/mol. The molecule has 0 aliphatic rings. The van der Waals surface area contributed by atoms with E-state index in [0.717, 1.165) is 4.90 Å². The largest absolute Gasteiger partial charge is 0.476 e. The van der Waals surface area contributed by atoms with Crippen LogP contribution in [0, 0.1) is 6.92 Å². The predicted molar refractivity (Wildman–Crippen MR) is 65.5 cm³/mol. The Labute approximate surface area is 103 Å². The van der Waals surface area contributed by atoms with Crippen LogP contribution in [0.5, 0.6) is 0 Å². The van der Waals surface area contributed by atoms with E-state index in [9.17, 15) is 4.79 Å². The van der Waals surface area contributed by atoms with Gasteiger partial charge in [0.25, 0.3) is 0 Å². The van der Waals surface area contributed by atoms with E-state index in [1.807, 2.05) is 31.2 Å². The number of carboxylic acids is 1. The smallest absolute Gasteiger partial charge is 0.355 e. The molecular formula is C12H12N2O2S. The molecule has 2 rings (SSSR count). The molecular weight excluding hydrogens is 236 g/mol. The third-order valence-electron chi connectivity index (χ3n) is 2.36. The highest BCUT2D eigenvalue weighted by Gasteiger charge is 2.16. The molecule has 1 heterocycles.